The second-order valence-electron chi connectivity index (χ2n) is 15.0. The summed E-state index contributed by atoms with van der Waals surface area (Å²) in [5, 5.41) is 8.05. The molecule has 0 N–H and O–H groups in total. The van der Waals surface area contributed by atoms with Crippen molar-refractivity contribution in [2.24, 2.45) is 0 Å². The maximum atomic E-state index is 5.45. The molecule has 0 spiro atoms. The molecular weight excluding hydrogens is 773 g/mol. The van der Waals surface area contributed by atoms with Crippen LogP contribution in [0.25, 0.3) is 119 Å². The van der Waals surface area contributed by atoms with Crippen molar-refractivity contribution in [1.29, 1.82) is 0 Å². The highest BCUT2D eigenvalue weighted by molar-refractivity contribution is 7.26. The Balaban J connectivity index is 1.11. The summed E-state index contributed by atoms with van der Waals surface area (Å²) in [6, 6.07) is 64.3. The minimum absolute atomic E-state index is 0.568. The monoisotopic (exact) mass is 802 g/mol. The van der Waals surface area contributed by atoms with E-state index in [0.717, 1.165) is 75.8 Å². The maximum Gasteiger partial charge on any atom is 0.238 e. The summed E-state index contributed by atoms with van der Waals surface area (Å²) < 4.78 is 8.26. The van der Waals surface area contributed by atoms with Gasteiger partial charge in [0.05, 0.1) is 32.3 Å². The van der Waals surface area contributed by atoms with E-state index in [4.69, 9.17) is 19.9 Å². The lowest BCUT2D eigenvalue weighted by atomic mass is 10.1. The minimum atomic E-state index is 0.568. The van der Waals surface area contributed by atoms with Crippen molar-refractivity contribution in [1.82, 2.24) is 29.1 Å². The Morgan fingerprint density at radius 1 is 0.367 bits per heavy atom. The van der Waals surface area contributed by atoms with E-state index in [2.05, 4.69) is 167 Å². The van der Waals surface area contributed by atoms with E-state index in [9.17, 15) is 0 Å². The molecule has 280 valence electrons. The third-order valence-electron chi connectivity index (χ3n) is 11.6. The SMILES string of the molecule is c1ccc(-c2nc(-c3cccc4c3sc3ccccc34)nc(-n3c4ccccc4c4ccc5c6ccccc6n(-c6ccc(-c7nc8ccccc8s7)cc6)c5c43)n2)cc1. The fourth-order valence-electron chi connectivity index (χ4n) is 8.95. The highest BCUT2D eigenvalue weighted by Crippen LogP contribution is 2.43. The van der Waals surface area contributed by atoms with Crippen LogP contribution in [0.15, 0.2) is 182 Å². The number of benzene rings is 8. The van der Waals surface area contributed by atoms with Crippen LogP contribution in [-0.4, -0.2) is 29.1 Å². The molecule has 0 atom stereocenters. The molecule has 0 aliphatic rings. The molecule has 0 unspecified atom stereocenters. The molecule has 0 saturated carbocycles. The van der Waals surface area contributed by atoms with Gasteiger partial charge in [-0.3, -0.25) is 4.57 Å². The number of fused-ring (bicyclic) bond motifs is 11. The Kier molecular flexibility index (Phi) is 7.24. The molecule has 60 heavy (non-hydrogen) atoms. The molecule has 0 fully saturated rings. The minimum Gasteiger partial charge on any atom is -0.307 e. The summed E-state index contributed by atoms with van der Waals surface area (Å²) in [5.41, 5.74) is 9.39. The van der Waals surface area contributed by atoms with Crippen LogP contribution in [0.1, 0.15) is 0 Å². The molecule has 13 rings (SSSR count). The van der Waals surface area contributed by atoms with Crippen LogP contribution < -0.4 is 0 Å². The van der Waals surface area contributed by atoms with Gasteiger partial charge in [0.2, 0.25) is 5.95 Å². The molecule has 5 aromatic heterocycles. The maximum absolute atomic E-state index is 5.45. The summed E-state index contributed by atoms with van der Waals surface area (Å²) in [7, 11) is 0. The standard InChI is InChI=1S/C52H30N6S2/c1-2-13-31(14-3-1)49-54-50(40-19-12-18-39-36-17-6-10-23-44(36)59-48(39)40)56-52(55-49)58-43-22-9-5-16-35(43)38-30-29-37-34-15-4-8-21-42(34)57(46(37)47(38)58)33-27-25-32(26-28-33)51-53-41-20-7-11-24-45(41)60-51/h1-30H. The lowest BCUT2D eigenvalue weighted by molar-refractivity contribution is 0.954. The number of thiophene rings is 1. The smallest absolute Gasteiger partial charge is 0.238 e. The van der Waals surface area contributed by atoms with Gasteiger partial charge >= 0.3 is 0 Å². The normalized spacial score (nSPS) is 12.0. The Labute approximate surface area is 350 Å². The number of hydrogen-bond acceptors (Lipinski definition) is 6. The summed E-state index contributed by atoms with van der Waals surface area (Å²) in [4.78, 5) is 21.0. The van der Waals surface area contributed by atoms with E-state index in [1.165, 1.54) is 25.6 Å². The molecule has 0 radical (unpaired) electrons. The third kappa shape index (κ3) is 4.98. The Bertz CT molecular complexity index is 3800. The van der Waals surface area contributed by atoms with E-state index in [0.29, 0.717) is 17.6 Å². The number of aromatic nitrogens is 6. The van der Waals surface area contributed by atoms with Gasteiger partial charge in [-0.2, -0.15) is 9.97 Å². The Morgan fingerprint density at radius 2 is 0.983 bits per heavy atom. The van der Waals surface area contributed by atoms with Crippen molar-refractivity contribution < 1.29 is 0 Å². The summed E-state index contributed by atoms with van der Waals surface area (Å²) in [6.45, 7) is 0. The van der Waals surface area contributed by atoms with Crippen LogP contribution in [0, 0.1) is 0 Å². The van der Waals surface area contributed by atoms with E-state index in [1.807, 2.05) is 24.3 Å². The highest BCUT2D eigenvalue weighted by atomic mass is 32.1. The van der Waals surface area contributed by atoms with Gasteiger partial charge in [0.1, 0.15) is 5.01 Å². The first-order chi connectivity index (χ1) is 29.7. The van der Waals surface area contributed by atoms with Crippen LogP contribution >= 0.6 is 22.7 Å². The van der Waals surface area contributed by atoms with Crippen molar-refractivity contribution in [2.45, 2.75) is 0 Å². The lowest BCUT2D eigenvalue weighted by Crippen LogP contribution is -2.07. The molecule has 0 saturated heterocycles. The largest absolute Gasteiger partial charge is 0.307 e. The zero-order valence-corrected chi connectivity index (χ0v) is 33.5. The molecule has 0 bridgehead atoms. The first-order valence-electron chi connectivity index (χ1n) is 19.9. The lowest BCUT2D eigenvalue weighted by Gasteiger charge is -2.13. The number of nitrogens with zero attached hydrogens (tertiary/aromatic N) is 6. The fraction of sp³-hybridized carbons (Fsp3) is 0. The molecule has 8 heteroatoms. The van der Waals surface area contributed by atoms with E-state index >= 15 is 0 Å². The fourth-order valence-corrected chi connectivity index (χ4v) is 11.1. The predicted octanol–water partition coefficient (Wildman–Crippen LogP) is 14.0. The van der Waals surface area contributed by atoms with Crippen molar-refractivity contribution >= 4 is 96.7 Å². The quantitative estimate of drug-likeness (QED) is 0.174. The number of rotatable bonds is 5. The zero-order valence-electron chi connectivity index (χ0n) is 31.8. The molecular formula is C52H30N6S2. The van der Waals surface area contributed by atoms with Gasteiger partial charge in [-0.25, -0.2) is 9.97 Å². The second kappa shape index (κ2) is 13.0. The average Bonchev–Trinajstić information content (AvgIpc) is 4.09. The van der Waals surface area contributed by atoms with Gasteiger partial charge in [0.15, 0.2) is 11.6 Å². The second-order valence-corrected chi connectivity index (χ2v) is 17.1. The Hall–Kier alpha value is -7.52. The van der Waals surface area contributed by atoms with Gasteiger partial charge in [-0.15, -0.1) is 22.7 Å². The van der Waals surface area contributed by atoms with E-state index in [1.54, 1.807) is 22.7 Å². The number of para-hydroxylation sites is 3. The van der Waals surface area contributed by atoms with Gasteiger partial charge in [-0.1, -0.05) is 121 Å². The van der Waals surface area contributed by atoms with Crippen molar-refractivity contribution in [3.05, 3.63) is 182 Å². The molecule has 13 aromatic rings. The van der Waals surface area contributed by atoms with Gasteiger partial charge in [0.25, 0.3) is 0 Å². The molecule has 5 heterocycles. The highest BCUT2D eigenvalue weighted by Gasteiger charge is 2.24. The van der Waals surface area contributed by atoms with Gasteiger partial charge in [-0.05, 0) is 60.7 Å². The van der Waals surface area contributed by atoms with Crippen LogP contribution in [0.4, 0.5) is 0 Å². The average molecular weight is 803 g/mol. The van der Waals surface area contributed by atoms with Gasteiger partial charge in [0, 0.05) is 64.1 Å². The summed E-state index contributed by atoms with van der Waals surface area (Å²) >= 11 is 3.51. The first kappa shape index (κ1) is 33.5. The summed E-state index contributed by atoms with van der Waals surface area (Å²) in [5.74, 6) is 1.83. The Morgan fingerprint density at radius 3 is 1.75 bits per heavy atom. The van der Waals surface area contributed by atoms with Crippen LogP contribution in [0.5, 0.6) is 0 Å². The zero-order chi connectivity index (χ0) is 39.3. The van der Waals surface area contributed by atoms with Crippen LogP contribution in [-0.2, 0) is 0 Å². The molecule has 0 aliphatic carbocycles. The molecule has 0 amide bonds. The third-order valence-corrected chi connectivity index (χ3v) is 13.9. The van der Waals surface area contributed by atoms with Crippen molar-refractivity contribution in [3.8, 4) is 45.0 Å². The van der Waals surface area contributed by atoms with Crippen LogP contribution in [0.3, 0.4) is 0 Å². The summed E-state index contributed by atoms with van der Waals surface area (Å²) in [6.07, 6.45) is 0. The first-order valence-corrected chi connectivity index (χ1v) is 21.5. The van der Waals surface area contributed by atoms with Gasteiger partial charge < -0.3 is 4.57 Å². The molecule has 6 nitrogen and oxygen atoms in total. The topological polar surface area (TPSA) is 61.4 Å². The number of thiazole rings is 1. The van der Waals surface area contributed by atoms with E-state index in [-0.39, 0.29) is 0 Å². The molecule has 0 aliphatic heterocycles. The predicted molar refractivity (Wildman–Crippen MR) is 251 cm³/mol. The van der Waals surface area contributed by atoms with Crippen molar-refractivity contribution in [3.63, 3.8) is 0 Å². The van der Waals surface area contributed by atoms with Crippen LogP contribution in [0.2, 0.25) is 0 Å². The van der Waals surface area contributed by atoms with E-state index < -0.39 is 0 Å². The van der Waals surface area contributed by atoms with Crippen molar-refractivity contribution in [2.75, 3.05) is 0 Å². The number of hydrogen-bond donors (Lipinski definition) is 0. The molecule has 8 aromatic carbocycles.